The maximum Gasteiger partial charge on any atom is 0.247 e. The lowest BCUT2D eigenvalue weighted by molar-refractivity contribution is -0.138. The second-order valence-corrected chi connectivity index (χ2v) is 10.2. The van der Waals surface area contributed by atoms with Crippen molar-refractivity contribution in [2.24, 2.45) is 0 Å². The molecule has 0 atom stereocenters. The second kappa shape index (κ2) is 15.2. The van der Waals surface area contributed by atoms with Gasteiger partial charge in [-0.1, -0.05) is 85.1 Å². The highest BCUT2D eigenvalue weighted by Crippen LogP contribution is 2.15. The van der Waals surface area contributed by atoms with Crippen LogP contribution in [0.5, 0.6) is 0 Å². The van der Waals surface area contributed by atoms with Gasteiger partial charge in [0.2, 0.25) is 11.8 Å². The summed E-state index contributed by atoms with van der Waals surface area (Å²) in [6.45, 7) is 6.84. The van der Waals surface area contributed by atoms with Gasteiger partial charge in [-0.25, -0.2) is 0 Å². The van der Waals surface area contributed by atoms with Gasteiger partial charge in [-0.3, -0.25) is 9.59 Å². The van der Waals surface area contributed by atoms with E-state index in [1.54, 1.807) is 11.0 Å². The van der Waals surface area contributed by atoms with Crippen LogP contribution in [-0.2, 0) is 22.7 Å². The van der Waals surface area contributed by atoms with Crippen LogP contribution < -0.4 is 0 Å². The third-order valence-electron chi connectivity index (χ3n) is 6.31. The number of hydrogen-bond acceptors (Lipinski definition) is 2. The molecule has 0 spiro atoms. The molecule has 0 unspecified atom stereocenters. The number of aromatic nitrogens is 1. The van der Waals surface area contributed by atoms with Crippen LogP contribution in [0.2, 0.25) is 0 Å². The molecular weight excluding hydrogens is 526 g/mol. The quantitative estimate of drug-likeness (QED) is 0.203. The minimum absolute atomic E-state index is 0.0117. The van der Waals surface area contributed by atoms with E-state index in [-0.39, 0.29) is 18.4 Å². The molecule has 0 fully saturated rings. The van der Waals surface area contributed by atoms with Gasteiger partial charge >= 0.3 is 0 Å². The predicted octanol–water partition coefficient (Wildman–Crippen LogP) is 6.77. The summed E-state index contributed by atoms with van der Waals surface area (Å²) in [5, 5.41) is 0. The van der Waals surface area contributed by atoms with Gasteiger partial charge in [0.05, 0.1) is 6.54 Å². The second-order valence-electron chi connectivity index (χ2n) is 9.28. The van der Waals surface area contributed by atoms with Crippen LogP contribution >= 0.6 is 15.9 Å². The third-order valence-corrected chi connectivity index (χ3v) is 6.84. The first-order valence-corrected chi connectivity index (χ1v) is 14.0. The van der Waals surface area contributed by atoms with Crippen LogP contribution in [0.15, 0.2) is 83.5 Å². The van der Waals surface area contributed by atoms with Crippen molar-refractivity contribution in [3.8, 4) is 0 Å². The average Bonchev–Trinajstić information content (AvgIpc) is 3.35. The van der Waals surface area contributed by atoms with E-state index in [9.17, 15) is 9.59 Å². The standard InChI is InChI=1S/C31H38BrN3O2/c1-3-5-20-34(24-29-13-10-22-33(29)23-27-14-17-28(32)18-15-27)31(37)25-35(21-6-4-2)30(36)19-16-26-11-8-7-9-12-26/h7-19,22H,3-6,20-21,23-25H2,1-2H3. The lowest BCUT2D eigenvalue weighted by Gasteiger charge is -2.27. The van der Waals surface area contributed by atoms with E-state index in [0.717, 1.165) is 48.0 Å². The molecule has 0 saturated carbocycles. The van der Waals surface area contributed by atoms with E-state index in [1.807, 2.05) is 59.5 Å². The monoisotopic (exact) mass is 563 g/mol. The molecule has 0 radical (unpaired) electrons. The molecule has 196 valence electrons. The Morgan fingerprint density at radius 1 is 0.865 bits per heavy atom. The van der Waals surface area contributed by atoms with Crippen molar-refractivity contribution < 1.29 is 9.59 Å². The van der Waals surface area contributed by atoms with Crippen LogP contribution in [-0.4, -0.2) is 45.8 Å². The molecule has 3 rings (SSSR count). The zero-order chi connectivity index (χ0) is 26.5. The van der Waals surface area contributed by atoms with Crippen LogP contribution in [0.25, 0.3) is 6.08 Å². The highest BCUT2D eigenvalue weighted by atomic mass is 79.9. The molecule has 5 nitrogen and oxygen atoms in total. The first-order valence-electron chi connectivity index (χ1n) is 13.2. The molecule has 0 saturated heterocycles. The first kappa shape index (κ1) is 28.5. The number of nitrogens with zero attached hydrogens (tertiary/aromatic N) is 3. The van der Waals surface area contributed by atoms with Crippen LogP contribution in [0.3, 0.4) is 0 Å². The number of benzene rings is 2. The van der Waals surface area contributed by atoms with E-state index in [1.165, 1.54) is 5.56 Å². The van der Waals surface area contributed by atoms with Crippen molar-refractivity contribution >= 4 is 33.8 Å². The number of halogens is 1. The third kappa shape index (κ3) is 9.36. The van der Waals surface area contributed by atoms with Crippen molar-refractivity contribution in [1.82, 2.24) is 14.4 Å². The van der Waals surface area contributed by atoms with Gasteiger partial charge in [0, 0.05) is 42.1 Å². The molecule has 1 aromatic heterocycles. The Bertz CT molecular complexity index is 1140. The summed E-state index contributed by atoms with van der Waals surface area (Å²) >= 11 is 3.49. The minimum Gasteiger partial charge on any atom is -0.345 e. The number of carbonyl (C=O) groups excluding carboxylic acids is 2. The van der Waals surface area contributed by atoms with Crippen molar-refractivity contribution in [3.63, 3.8) is 0 Å². The Labute approximate surface area is 229 Å². The Balaban J connectivity index is 1.71. The predicted molar refractivity (Wildman–Crippen MR) is 155 cm³/mol. The minimum atomic E-state index is -0.125. The largest absolute Gasteiger partial charge is 0.345 e. The molecule has 37 heavy (non-hydrogen) atoms. The summed E-state index contributed by atoms with van der Waals surface area (Å²) in [5.41, 5.74) is 3.25. The SMILES string of the molecule is CCCCN(CC(=O)N(CCCC)Cc1cccn1Cc1ccc(Br)cc1)C(=O)C=Cc1ccccc1. The highest BCUT2D eigenvalue weighted by molar-refractivity contribution is 9.10. The maximum absolute atomic E-state index is 13.5. The van der Waals surface area contributed by atoms with Gasteiger partial charge < -0.3 is 14.4 Å². The van der Waals surface area contributed by atoms with E-state index in [2.05, 4.69) is 58.7 Å². The summed E-state index contributed by atoms with van der Waals surface area (Å²) in [4.78, 5) is 30.2. The topological polar surface area (TPSA) is 45.6 Å². The van der Waals surface area contributed by atoms with Gasteiger partial charge in [-0.15, -0.1) is 0 Å². The first-order chi connectivity index (χ1) is 18.0. The van der Waals surface area contributed by atoms with Gasteiger partial charge in [0.25, 0.3) is 0 Å². The van der Waals surface area contributed by atoms with E-state index in [0.29, 0.717) is 19.6 Å². The molecule has 2 aromatic carbocycles. The number of amides is 2. The van der Waals surface area contributed by atoms with Gasteiger partial charge in [0.1, 0.15) is 6.54 Å². The normalized spacial score (nSPS) is 11.1. The average molecular weight is 565 g/mol. The molecule has 0 aliphatic heterocycles. The lowest BCUT2D eigenvalue weighted by atomic mass is 10.2. The van der Waals surface area contributed by atoms with Crippen molar-refractivity contribution in [2.45, 2.75) is 52.6 Å². The molecule has 3 aromatic rings. The zero-order valence-corrected chi connectivity index (χ0v) is 23.6. The molecule has 2 amide bonds. The fraction of sp³-hybridized carbons (Fsp3) is 0.355. The van der Waals surface area contributed by atoms with E-state index < -0.39 is 0 Å². The Hall–Kier alpha value is -3.12. The van der Waals surface area contributed by atoms with Gasteiger partial charge in [-0.05, 0) is 54.3 Å². The number of rotatable bonds is 14. The molecule has 0 aliphatic rings. The Morgan fingerprint density at radius 3 is 2.22 bits per heavy atom. The van der Waals surface area contributed by atoms with Crippen LogP contribution in [0, 0.1) is 0 Å². The zero-order valence-electron chi connectivity index (χ0n) is 22.0. The molecule has 0 aliphatic carbocycles. The molecule has 6 heteroatoms. The van der Waals surface area contributed by atoms with Crippen LogP contribution in [0.4, 0.5) is 0 Å². The number of unbranched alkanes of at least 4 members (excludes halogenated alkanes) is 2. The van der Waals surface area contributed by atoms with Gasteiger partial charge in [-0.2, -0.15) is 0 Å². The summed E-state index contributed by atoms with van der Waals surface area (Å²) in [6.07, 6.45) is 9.21. The number of hydrogen-bond donors (Lipinski definition) is 0. The summed E-state index contributed by atoms with van der Waals surface area (Å²) < 4.78 is 3.25. The maximum atomic E-state index is 13.5. The molecular formula is C31H38BrN3O2. The Kier molecular flexibility index (Phi) is 11.7. The molecule has 1 heterocycles. The van der Waals surface area contributed by atoms with E-state index in [4.69, 9.17) is 0 Å². The Morgan fingerprint density at radius 2 is 1.54 bits per heavy atom. The smallest absolute Gasteiger partial charge is 0.247 e. The summed E-state index contributed by atoms with van der Waals surface area (Å²) in [7, 11) is 0. The van der Waals surface area contributed by atoms with E-state index >= 15 is 0 Å². The van der Waals surface area contributed by atoms with Crippen molar-refractivity contribution in [1.29, 1.82) is 0 Å². The summed E-state index contributed by atoms with van der Waals surface area (Å²) in [6, 6.07) is 22.2. The highest BCUT2D eigenvalue weighted by Gasteiger charge is 2.21. The lowest BCUT2D eigenvalue weighted by Crippen LogP contribution is -2.43. The fourth-order valence-electron chi connectivity index (χ4n) is 4.09. The number of carbonyl (C=O) groups is 2. The fourth-order valence-corrected chi connectivity index (χ4v) is 4.35. The molecule has 0 N–H and O–H groups in total. The van der Waals surface area contributed by atoms with Crippen molar-refractivity contribution in [3.05, 3.63) is 100 Å². The van der Waals surface area contributed by atoms with Crippen molar-refractivity contribution in [2.75, 3.05) is 19.6 Å². The van der Waals surface area contributed by atoms with Crippen LogP contribution in [0.1, 0.15) is 56.4 Å². The molecule has 0 bridgehead atoms. The van der Waals surface area contributed by atoms with Gasteiger partial charge in [0.15, 0.2) is 0 Å². The summed E-state index contributed by atoms with van der Waals surface area (Å²) in [5.74, 6) is -0.137.